The SMILES string of the molecule is CN=C(N)NC[C@@H]1C[C@H]([C@H](O)C[C@@H](CCc2ccc(O)c(O[C@@H]3CCN[C@H](Cc4ccccc4)C3)c2)OC(C)=O)CC[C@H]1C. The van der Waals surface area contributed by atoms with Crippen molar-refractivity contribution in [3.05, 3.63) is 59.7 Å². The number of nitrogens with one attached hydrogen (secondary N) is 2. The van der Waals surface area contributed by atoms with Crippen LogP contribution in [0.5, 0.6) is 11.5 Å². The minimum absolute atomic E-state index is 0.0120. The summed E-state index contributed by atoms with van der Waals surface area (Å²) in [6, 6.07) is 16.2. The first-order valence-corrected chi connectivity index (χ1v) is 16.3. The highest BCUT2D eigenvalue weighted by molar-refractivity contribution is 5.77. The number of ether oxygens (including phenoxy) is 2. The summed E-state index contributed by atoms with van der Waals surface area (Å²) in [4.78, 5) is 15.9. The first kappa shape index (κ1) is 33.6. The molecule has 2 aliphatic rings. The van der Waals surface area contributed by atoms with Crippen LogP contribution in [0.4, 0.5) is 0 Å². The van der Waals surface area contributed by atoms with Gasteiger partial charge in [-0.15, -0.1) is 0 Å². The van der Waals surface area contributed by atoms with Gasteiger partial charge in [-0.05, 0) is 92.5 Å². The van der Waals surface area contributed by atoms with Crippen molar-refractivity contribution >= 4 is 11.9 Å². The van der Waals surface area contributed by atoms with E-state index in [1.54, 1.807) is 13.1 Å². The minimum atomic E-state index is -0.561. The molecule has 9 nitrogen and oxygen atoms in total. The predicted octanol–water partition coefficient (Wildman–Crippen LogP) is 4.34. The second-order valence-corrected chi connectivity index (χ2v) is 12.8. The fourth-order valence-electron chi connectivity index (χ4n) is 6.77. The van der Waals surface area contributed by atoms with E-state index in [1.165, 1.54) is 12.5 Å². The van der Waals surface area contributed by atoms with Crippen molar-refractivity contribution in [3.63, 3.8) is 0 Å². The van der Waals surface area contributed by atoms with Crippen molar-refractivity contribution in [2.24, 2.45) is 28.5 Å². The number of rotatable bonds is 13. The molecule has 0 bridgehead atoms. The summed E-state index contributed by atoms with van der Waals surface area (Å²) in [5.74, 6) is 1.76. The zero-order chi connectivity index (χ0) is 31.5. The van der Waals surface area contributed by atoms with Gasteiger partial charge in [-0.3, -0.25) is 9.79 Å². The van der Waals surface area contributed by atoms with Crippen molar-refractivity contribution in [3.8, 4) is 11.5 Å². The van der Waals surface area contributed by atoms with Crippen LogP contribution in [0, 0.1) is 17.8 Å². The number of esters is 1. The quantitative estimate of drug-likeness (QED) is 0.129. The number of phenols is 1. The number of carbonyl (C=O) groups excluding carboxylic acids is 1. The Hall–Kier alpha value is -3.30. The molecule has 2 fully saturated rings. The number of guanidine groups is 1. The van der Waals surface area contributed by atoms with Crippen LogP contribution in [-0.2, 0) is 22.4 Å². The van der Waals surface area contributed by atoms with Crippen molar-refractivity contribution in [2.75, 3.05) is 20.1 Å². The van der Waals surface area contributed by atoms with Gasteiger partial charge in [-0.1, -0.05) is 49.7 Å². The molecule has 1 aliphatic carbocycles. The van der Waals surface area contributed by atoms with Crippen molar-refractivity contribution < 1.29 is 24.5 Å². The van der Waals surface area contributed by atoms with Gasteiger partial charge in [0.25, 0.3) is 0 Å². The standard InChI is InChI=1S/C35H52N4O5/c1-23-9-12-27(19-28(23)22-39-35(36)37-3)33(42)21-30(43-24(2)40)13-10-26-11-14-32(41)34(18-26)44-31-15-16-38-29(20-31)17-25-7-5-4-6-8-25/h4-8,11,14,18,23,27-31,33,38,41-42H,9-10,12-13,15-17,19-22H2,1-3H3,(H3,36,37,39)/t23-,27-,28+,29-,30-,31-,33-/m1/s1. The highest BCUT2D eigenvalue weighted by Crippen LogP contribution is 2.37. The van der Waals surface area contributed by atoms with E-state index in [2.05, 4.69) is 46.8 Å². The van der Waals surface area contributed by atoms with Crippen LogP contribution in [-0.4, -0.2) is 66.6 Å². The largest absolute Gasteiger partial charge is 0.504 e. The summed E-state index contributed by atoms with van der Waals surface area (Å²) in [5, 5.41) is 28.6. The van der Waals surface area contributed by atoms with Crippen LogP contribution in [0.3, 0.4) is 0 Å². The van der Waals surface area contributed by atoms with E-state index in [4.69, 9.17) is 15.2 Å². The zero-order valence-electron chi connectivity index (χ0n) is 26.6. The number of aliphatic hydroxyl groups excluding tert-OH is 1. The number of aromatic hydroxyl groups is 1. The Morgan fingerprint density at radius 2 is 1.93 bits per heavy atom. The molecule has 2 aromatic rings. The number of aliphatic imine (C=N–C) groups is 1. The summed E-state index contributed by atoms with van der Waals surface area (Å²) in [6.07, 6.45) is 6.21. The van der Waals surface area contributed by atoms with Gasteiger partial charge in [-0.2, -0.15) is 0 Å². The highest BCUT2D eigenvalue weighted by atomic mass is 16.5. The van der Waals surface area contributed by atoms with Crippen LogP contribution in [0.2, 0.25) is 0 Å². The molecule has 1 saturated carbocycles. The van der Waals surface area contributed by atoms with Gasteiger partial charge in [0, 0.05) is 33.0 Å². The fraction of sp³-hybridized carbons (Fsp3) is 0.600. The van der Waals surface area contributed by atoms with E-state index in [9.17, 15) is 15.0 Å². The Kier molecular flexibility index (Phi) is 12.7. The third-order valence-electron chi connectivity index (χ3n) is 9.41. The molecule has 1 saturated heterocycles. The average molecular weight is 609 g/mol. The molecule has 242 valence electrons. The molecule has 6 N–H and O–H groups in total. The van der Waals surface area contributed by atoms with Crippen LogP contribution < -0.4 is 21.1 Å². The smallest absolute Gasteiger partial charge is 0.302 e. The van der Waals surface area contributed by atoms with Gasteiger partial charge in [0.1, 0.15) is 12.2 Å². The molecule has 0 aromatic heterocycles. The molecule has 1 heterocycles. The van der Waals surface area contributed by atoms with Crippen LogP contribution in [0.15, 0.2) is 53.5 Å². The van der Waals surface area contributed by atoms with Gasteiger partial charge in [0.2, 0.25) is 0 Å². The molecular formula is C35H52N4O5. The fourth-order valence-corrected chi connectivity index (χ4v) is 6.77. The van der Waals surface area contributed by atoms with Gasteiger partial charge >= 0.3 is 5.97 Å². The monoisotopic (exact) mass is 608 g/mol. The van der Waals surface area contributed by atoms with Gasteiger partial charge in [0.05, 0.1) is 6.10 Å². The third kappa shape index (κ3) is 10.4. The Balaban J connectivity index is 1.31. The van der Waals surface area contributed by atoms with E-state index in [-0.39, 0.29) is 23.7 Å². The van der Waals surface area contributed by atoms with Crippen LogP contribution >= 0.6 is 0 Å². The number of piperidine rings is 1. The molecule has 7 atom stereocenters. The molecule has 2 aromatic carbocycles. The van der Waals surface area contributed by atoms with Crippen molar-refractivity contribution in [2.45, 2.75) is 96.0 Å². The number of phenolic OH excluding ortho intramolecular Hbond substituents is 1. The molecule has 0 unspecified atom stereocenters. The molecule has 44 heavy (non-hydrogen) atoms. The summed E-state index contributed by atoms with van der Waals surface area (Å²) >= 11 is 0. The lowest BCUT2D eigenvalue weighted by Crippen LogP contribution is -2.43. The number of benzene rings is 2. The molecule has 1 aliphatic heterocycles. The molecular weight excluding hydrogens is 556 g/mol. The maximum absolute atomic E-state index is 12.0. The normalized spacial score (nSPS) is 25.5. The second-order valence-electron chi connectivity index (χ2n) is 12.8. The van der Waals surface area contributed by atoms with E-state index >= 15 is 0 Å². The summed E-state index contributed by atoms with van der Waals surface area (Å²) in [7, 11) is 1.66. The minimum Gasteiger partial charge on any atom is -0.504 e. The number of carbonyl (C=O) groups is 1. The number of hydrogen-bond acceptors (Lipinski definition) is 7. The summed E-state index contributed by atoms with van der Waals surface area (Å²) < 4.78 is 12.0. The lowest BCUT2D eigenvalue weighted by molar-refractivity contribution is -0.148. The predicted molar refractivity (Wildman–Crippen MR) is 174 cm³/mol. The number of aliphatic hydroxyl groups is 1. The maximum Gasteiger partial charge on any atom is 0.302 e. The van der Waals surface area contributed by atoms with Gasteiger partial charge in [0.15, 0.2) is 17.5 Å². The number of nitrogens with zero attached hydrogens (tertiary/aromatic N) is 1. The number of hydrogen-bond donors (Lipinski definition) is 5. The lowest BCUT2D eigenvalue weighted by atomic mass is 9.72. The second kappa shape index (κ2) is 16.7. The van der Waals surface area contributed by atoms with E-state index in [1.807, 2.05) is 18.2 Å². The van der Waals surface area contributed by atoms with E-state index in [0.29, 0.717) is 48.8 Å². The van der Waals surface area contributed by atoms with Crippen LogP contribution in [0.1, 0.15) is 69.9 Å². The summed E-state index contributed by atoms with van der Waals surface area (Å²) in [6.45, 7) is 5.27. The van der Waals surface area contributed by atoms with Gasteiger partial charge < -0.3 is 36.1 Å². The molecule has 0 radical (unpaired) electrons. The van der Waals surface area contributed by atoms with Gasteiger partial charge in [-0.25, -0.2) is 0 Å². The zero-order valence-corrected chi connectivity index (χ0v) is 26.6. The van der Waals surface area contributed by atoms with Crippen molar-refractivity contribution in [1.82, 2.24) is 10.6 Å². The maximum atomic E-state index is 12.0. The highest BCUT2D eigenvalue weighted by Gasteiger charge is 2.33. The number of aryl methyl sites for hydroxylation is 1. The third-order valence-corrected chi connectivity index (χ3v) is 9.41. The molecule has 9 heteroatoms. The van der Waals surface area contributed by atoms with E-state index in [0.717, 1.165) is 57.2 Å². The Morgan fingerprint density at radius 3 is 2.68 bits per heavy atom. The lowest BCUT2D eigenvalue weighted by Gasteiger charge is -2.37. The summed E-state index contributed by atoms with van der Waals surface area (Å²) in [5.41, 5.74) is 8.12. The Bertz CT molecular complexity index is 1210. The molecule has 0 spiro atoms. The first-order chi connectivity index (χ1) is 21.2. The van der Waals surface area contributed by atoms with Crippen LogP contribution in [0.25, 0.3) is 0 Å². The Morgan fingerprint density at radius 1 is 1.14 bits per heavy atom. The topological polar surface area (TPSA) is 138 Å². The molecule has 4 rings (SSSR count). The van der Waals surface area contributed by atoms with E-state index < -0.39 is 12.2 Å². The van der Waals surface area contributed by atoms with Crippen molar-refractivity contribution in [1.29, 1.82) is 0 Å². The Labute approximate surface area is 262 Å². The average Bonchev–Trinajstić information content (AvgIpc) is 3.01. The number of nitrogens with two attached hydrogens (primary N) is 1. The molecule has 0 amide bonds. The first-order valence-electron chi connectivity index (χ1n) is 16.3.